The van der Waals surface area contributed by atoms with Gasteiger partial charge in [-0.25, -0.2) is 0 Å². The summed E-state index contributed by atoms with van der Waals surface area (Å²) in [5.74, 6) is 1.22. The SMILES string of the molecule is O=C(CC1CC1)NC1CCCOC1C1CCN(C(=O)c2cn[nH]c2)CC1. The smallest absolute Gasteiger partial charge is 0.257 e. The van der Waals surface area contributed by atoms with Crippen LogP contribution in [0.15, 0.2) is 12.4 Å². The Balaban J connectivity index is 1.31. The summed E-state index contributed by atoms with van der Waals surface area (Å²) in [6.45, 7) is 2.24. The minimum atomic E-state index is 0.0380. The second-order valence-electron chi connectivity index (χ2n) is 7.92. The summed E-state index contributed by atoms with van der Waals surface area (Å²) in [4.78, 5) is 26.6. The number of ether oxygens (including phenoxy) is 1. The van der Waals surface area contributed by atoms with Gasteiger partial charge < -0.3 is 15.0 Å². The van der Waals surface area contributed by atoms with Gasteiger partial charge in [0.2, 0.25) is 5.91 Å². The van der Waals surface area contributed by atoms with E-state index in [1.54, 1.807) is 12.4 Å². The van der Waals surface area contributed by atoms with Crippen molar-refractivity contribution in [2.24, 2.45) is 11.8 Å². The molecule has 0 radical (unpaired) electrons. The number of hydrogen-bond donors (Lipinski definition) is 2. The number of carbonyl (C=O) groups excluding carboxylic acids is 2. The van der Waals surface area contributed by atoms with Crippen LogP contribution in [0.1, 0.15) is 55.3 Å². The van der Waals surface area contributed by atoms with Gasteiger partial charge in [0, 0.05) is 32.3 Å². The van der Waals surface area contributed by atoms with E-state index in [0.717, 1.165) is 45.4 Å². The van der Waals surface area contributed by atoms with Crippen LogP contribution in [0.3, 0.4) is 0 Å². The summed E-state index contributed by atoms with van der Waals surface area (Å²) in [6, 6.07) is 0.121. The lowest BCUT2D eigenvalue weighted by molar-refractivity contribution is -0.126. The van der Waals surface area contributed by atoms with Gasteiger partial charge in [0.15, 0.2) is 0 Å². The molecule has 3 aliphatic rings. The van der Waals surface area contributed by atoms with Gasteiger partial charge in [-0.3, -0.25) is 14.7 Å². The fourth-order valence-corrected chi connectivity index (χ4v) is 4.25. The van der Waals surface area contributed by atoms with E-state index in [1.165, 1.54) is 12.8 Å². The Kier molecular flexibility index (Phi) is 5.24. The van der Waals surface area contributed by atoms with Crippen molar-refractivity contribution < 1.29 is 14.3 Å². The van der Waals surface area contributed by atoms with Crippen molar-refractivity contribution in [1.29, 1.82) is 0 Å². The minimum absolute atomic E-state index is 0.0380. The Hall–Kier alpha value is -1.89. The molecule has 3 fully saturated rings. The molecule has 7 heteroatoms. The monoisotopic (exact) mass is 360 g/mol. The maximum absolute atomic E-state index is 12.4. The molecule has 1 aromatic heterocycles. The molecule has 3 heterocycles. The quantitative estimate of drug-likeness (QED) is 0.837. The molecule has 1 aromatic rings. The first kappa shape index (κ1) is 17.5. The molecule has 1 aliphatic carbocycles. The predicted octanol–water partition coefficient (Wildman–Crippen LogP) is 1.73. The van der Waals surface area contributed by atoms with E-state index in [2.05, 4.69) is 15.5 Å². The Bertz CT molecular complexity index is 621. The van der Waals surface area contributed by atoms with Crippen LogP contribution in [0.2, 0.25) is 0 Å². The molecule has 0 aromatic carbocycles. The van der Waals surface area contributed by atoms with Crippen LogP contribution in [-0.2, 0) is 9.53 Å². The molecule has 0 spiro atoms. The van der Waals surface area contributed by atoms with Crippen molar-refractivity contribution >= 4 is 11.8 Å². The fraction of sp³-hybridized carbons (Fsp3) is 0.737. The number of likely N-dealkylation sites (tertiary alicyclic amines) is 1. The summed E-state index contributed by atoms with van der Waals surface area (Å²) in [5, 5.41) is 9.79. The molecule has 26 heavy (non-hydrogen) atoms. The van der Waals surface area contributed by atoms with Crippen molar-refractivity contribution in [3.8, 4) is 0 Å². The number of nitrogens with one attached hydrogen (secondary N) is 2. The number of rotatable bonds is 5. The maximum atomic E-state index is 12.4. The van der Waals surface area contributed by atoms with E-state index in [1.807, 2.05) is 4.90 Å². The van der Waals surface area contributed by atoms with Gasteiger partial charge in [0.05, 0.1) is 23.9 Å². The summed E-state index contributed by atoms with van der Waals surface area (Å²) in [5.41, 5.74) is 0.614. The minimum Gasteiger partial charge on any atom is -0.376 e. The number of carbonyl (C=O) groups is 2. The second-order valence-corrected chi connectivity index (χ2v) is 7.92. The Morgan fingerprint density at radius 3 is 2.73 bits per heavy atom. The molecular formula is C19H28N4O3. The van der Waals surface area contributed by atoms with E-state index in [4.69, 9.17) is 4.74 Å². The van der Waals surface area contributed by atoms with Crippen LogP contribution in [0.5, 0.6) is 0 Å². The average Bonchev–Trinajstić information content (AvgIpc) is 3.30. The van der Waals surface area contributed by atoms with Gasteiger partial charge in [-0.15, -0.1) is 0 Å². The highest BCUT2D eigenvalue weighted by molar-refractivity contribution is 5.93. The largest absolute Gasteiger partial charge is 0.376 e. The Morgan fingerprint density at radius 2 is 2.04 bits per heavy atom. The number of H-pyrrole nitrogens is 1. The van der Waals surface area contributed by atoms with Crippen LogP contribution in [-0.4, -0.2) is 58.8 Å². The third-order valence-electron chi connectivity index (χ3n) is 5.92. The normalized spacial score (nSPS) is 27.3. The molecule has 1 saturated carbocycles. The summed E-state index contributed by atoms with van der Waals surface area (Å²) < 4.78 is 6.09. The van der Waals surface area contributed by atoms with Crippen molar-refractivity contribution in [2.75, 3.05) is 19.7 Å². The fourth-order valence-electron chi connectivity index (χ4n) is 4.25. The van der Waals surface area contributed by atoms with E-state index >= 15 is 0 Å². The van der Waals surface area contributed by atoms with E-state index < -0.39 is 0 Å². The zero-order valence-corrected chi connectivity index (χ0v) is 15.2. The molecule has 7 nitrogen and oxygen atoms in total. The third kappa shape index (κ3) is 4.09. The lowest BCUT2D eigenvalue weighted by Crippen LogP contribution is -2.52. The highest BCUT2D eigenvalue weighted by atomic mass is 16.5. The molecule has 2 N–H and O–H groups in total. The summed E-state index contributed by atoms with van der Waals surface area (Å²) in [7, 11) is 0. The van der Waals surface area contributed by atoms with Gasteiger partial charge >= 0.3 is 0 Å². The number of hydrogen-bond acceptors (Lipinski definition) is 4. The molecule has 2 unspecified atom stereocenters. The molecule has 2 saturated heterocycles. The van der Waals surface area contributed by atoms with E-state index in [0.29, 0.717) is 23.8 Å². The molecule has 0 bridgehead atoms. The van der Waals surface area contributed by atoms with E-state index in [-0.39, 0.29) is 24.0 Å². The number of aromatic nitrogens is 2. The van der Waals surface area contributed by atoms with Crippen LogP contribution < -0.4 is 5.32 Å². The van der Waals surface area contributed by atoms with Gasteiger partial charge in [0.25, 0.3) is 5.91 Å². The first-order valence-electron chi connectivity index (χ1n) is 9.89. The molecule has 2 amide bonds. The number of nitrogens with zero attached hydrogens (tertiary/aromatic N) is 2. The van der Waals surface area contributed by atoms with Crippen molar-refractivity contribution in [3.05, 3.63) is 18.0 Å². The van der Waals surface area contributed by atoms with Crippen molar-refractivity contribution in [2.45, 2.75) is 57.1 Å². The zero-order valence-electron chi connectivity index (χ0n) is 15.2. The van der Waals surface area contributed by atoms with Crippen LogP contribution in [0.25, 0.3) is 0 Å². The van der Waals surface area contributed by atoms with Crippen molar-refractivity contribution in [3.63, 3.8) is 0 Å². The molecule has 4 rings (SSSR count). The van der Waals surface area contributed by atoms with Crippen LogP contribution >= 0.6 is 0 Å². The third-order valence-corrected chi connectivity index (χ3v) is 5.92. The van der Waals surface area contributed by atoms with Crippen molar-refractivity contribution in [1.82, 2.24) is 20.4 Å². The number of amides is 2. The predicted molar refractivity (Wildman–Crippen MR) is 95.5 cm³/mol. The van der Waals surface area contributed by atoms with Gasteiger partial charge in [-0.05, 0) is 50.4 Å². The molecule has 2 atom stereocenters. The first-order chi connectivity index (χ1) is 12.7. The number of piperidine rings is 1. The Labute approximate surface area is 153 Å². The average molecular weight is 360 g/mol. The van der Waals surface area contributed by atoms with Gasteiger partial charge in [0.1, 0.15) is 0 Å². The molecular weight excluding hydrogens is 332 g/mol. The second kappa shape index (κ2) is 7.78. The van der Waals surface area contributed by atoms with Crippen LogP contribution in [0, 0.1) is 11.8 Å². The maximum Gasteiger partial charge on any atom is 0.257 e. The summed E-state index contributed by atoms with van der Waals surface area (Å²) in [6.07, 6.45) is 10.2. The van der Waals surface area contributed by atoms with Gasteiger partial charge in [-0.1, -0.05) is 0 Å². The van der Waals surface area contributed by atoms with E-state index in [9.17, 15) is 9.59 Å². The lowest BCUT2D eigenvalue weighted by atomic mass is 9.84. The summed E-state index contributed by atoms with van der Waals surface area (Å²) >= 11 is 0. The highest BCUT2D eigenvalue weighted by Gasteiger charge is 2.37. The number of aromatic amines is 1. The molecule has 142 valence electrons. The van der Waals surface area contributed by atoms with Crippen LogP contribution in [0.4, 0.5) is 0 Å². The zero-order chi connectivity index (χ0) is 17.9. The van der Waals surface area contributed by atoms with Gasteiger partial charge in [-0.2, -0.15) is 5.10 Å². The first-order valence-corrected chi connectivity index (χ1v) is 9.89. The lowest BCUT2D eigenvalue weighted by Gasteiger charge is -2.41. The Morgan fingerprint density at radius 1 is 1.23 bits per heavy atom. The highest BCUT2D eigenvalue weighted by Crippen LogP contribution is 2.33. The topological polar surface area (TPSA) is 87.3 Å². The standard InChI is InChI=1S/C19H28N4O3/c24-17(10-13-3-4-13)22-16-2-1-9-26-18(16)14-5-7-23(8-6-14)19(25)15-11-20-21-12-15/h11-14,16,18H,1-10H2,(H,20,21)(H,22,24). The molecule has 2 aliphatic heterocycles.